The third-order valence-electron chi connectivity index (χ3n) is 7.49. The molecule has 0 saturated carbocycles. The van der Waals surface area contributed by atoms with Gasteiger partial charge < -0.3 is 0 Å². The lowest BCUT2D eigenvalue weighted by Crippen LogP contribution is -1.89. The van der Waals surface area contributed by atoms with E-state index in [1.54, 1.807) is 12.1 Å². The van der Waals surface area contributed by atoms with Gasteiger partial charge in [0, 0.05) is 3.57 Å². The number of rotatable bonds is 6. The van der Waals surface area contributed by atoms with Gasteiger partial charge in [0.2, 0.25) is 0 Å². The summed E-state index contributed by atoms with van der Waals surface area (Å²) in [6, 6.07) is 44.2. The molecule has 0 amide bonds. The van der Waals surface area contributed by atoms with Gasteiger partial charge in [0.15, 0.2) is 0 Å². The summed E-state index contributed by atoms with van der Waals surface area (Å²) in [5.41, 5.74) is 12.4. The number of benzene rings is 6. The lowest BCUT2D eigenvalue weighted by molar-refractivity contribution is 0.626. The van der Waals surface area contributed by atoms with Crippen LogP contribution >= 0.6 is 22.6 Å². The molecule has 0 bridgehead atoms. The van der Waals surface area contributed by atoms with E-state index in [4.69, 9.17) is 0 Å². The number of aryl methyl sites for hydroxylation is 1. The molecule has 0 heterocycles. The number of hydrogen-bond acceptors (Lipinski definition) is 0. The van der Waals surface area contributed by atoms with Gasteiger partial charge in [0.25, 0.3) is 0 Å². The van der Waals surface area contributed by atoms with Gasteiger partial charge in [-0.2, -0.15) is 0 Å². The molecule has 0 nitrogen and oxygen atoms in total. The smallest absolute Gasteiger partial charge is 0.124 e. The molecule has 0 atom stereocenters. The SMILES string of the molecule is Cc1cc(F)ccc1-c1ccc(-c2ccc(Cc3ccc(-c4ccc(-c5ccc(F)cc5I)cc4)cc3)cc2)cc1. The third kappa shape index (κ3) is 6.15. The van der Waals surface area contributed by atoms with Crippen LogP contribution in [0, 0.1) is 22.1 Å². The summed E-state index contributed by atoms with van der Waals surface area (Å²) in [6.07, 6.45) is 0.866. The minimum absolute atomic E-state index is 0.206. The van der Waals surface area contributed by atoms with Gasteiger partial charge >= 0.3 is 0 Å². The van der Waals surface area contributed by atoms with Crippen LogP contribution in [-0.2, 0) is 6.42 Å². The molecule has 0 radical (unpaired) electrons. The van der Waals surface area contributed by atoms with Crippen LogP contribution in [-0.4, -0.2) is 0 Å². The maximum Gasteiger partial charge on any atom is 0.124 e. The van der Waals surface area contributed by atoms with Crippen LogP contribution in [0.15, 0.2) is 133 Å². The molecular weight excluding hydrogens is 621 g/mol. The minimum atomic E-state index is -0.213. The van der Waals surface area contributed by atoms with Crippen molar-refractivity contribution in [1.82, 2.24) is 0 Å². The van der Waals surface area contributed by atoms with Crippen LogP contribution in [0.25, 0.3) is 44.5 Å². The lowest BCUT2D eigenvalue weighted by atomic mass is 9.96. The van der Waals surface area contributed by atoms with Gasteiger partial charge in [0.1, 0.15) is 11.6 Å². The van der Waals surface area contributed by atoms with Crippen LogP contribution in [0.3, 0.4) is 0 Å². The quantitative estimate of drug-likeness (QED) is 0.158. The average molecular weight is 649 g/mol. The molecule has 41 heavy (non-hydrogen) atoms. The summed E-state index contributed by atoms with van der Waals surface area (Å²) in [4.78, 5) is 0. The number of hydrogen-bond donors (Lipinski definition) is 0. The predicted octanol–water partition coefficient (Wildman–Crippen LogP) is 11.1. The van der Waals surface area contributed by atoms with Gasteiger partial charge in [-0.1, -0.05) is 109 Å². The van der Waals surface area contributed by atoms with E-state index in [0.717, 1.165) is 48.9 Å². The Morgan fingerprint density at radius 1 is 0.439 bits per heavy atom. The highest BCUT2D eigenvalue weighted by atomic mass is 127. The molecule has 0 fully saturated rings. The molecule has 200 valence electrons. The van der Waals surface area contributed by atoms with Crippen molar-refractivity contribution in [2.45, 2.75) is 13.3 Å². The summed E-state index contributed by atoms with van der Waals surface area (Å²) < 4.78 is 27.9. The Bertz CT molecular complexity index is 1670. The van der Waals surface area contributed by atoms with Crippen molar-refractivity contribution in [1.29, 1.82) is 0 Å². The summed E-state index contributed by atoms with van der Waals surface area (Å²) >= 11 is 2.18. The van der Waals surface area contributed by atoms with E-state index in [2.05, 4.69) is 120 Å². The molecule has 6 rings (SSSR count). The molecule has 0 aromatic heterocycles. The second-order valence-electron chi connectivity index (χ2n) is 10.3. The molecule has 0 saturated heterocycles. The van der Waals surface area contributed by atoms with E-state index < -0.39 is 0 Å². The highest BCUT2D eigenvalue weighted by Crippen LogP contribution is 2.30. The van der Waals surface area contributed by atoms with Crippen LogP contribution in [0.2, 0.25) is 0 Å². The fourth-order valence-electron chi connectivity index (χ4n) is 5.22. The van der Waals surface area contributed by atoms with Crippen LogP contribution < -0.4 is 0 Å². The second kappa shape index (κ2) is 11.8. The van der Waals surface area contributed by atoms with Crippen molar-refractivity contribution in [3.05, 3.63) is 165 Å². The van der Waals surface area contributed by atoms with E-state index in [1.165, 1.54) is 34.4 Å². The summed E-state index contributed by atoms with van der Waals surface area (Å²) in [6.45, 7) is 1.94. The van der Waals surface area contributed by atoms with E-state index in [9.17, 15) is 8.78 Å². The molecule has 0 unspecified atom stereocenters. The van der Waals surface area contributed by atoms with E-state index in [0.29, 0.717) is 0 Å². The largest absolute Gasteiger partial charge is 0.207 e. The Morgan fingerprint density at radius 3 is 1.24 bits per heavy atom. The minimum Gasteiger partial charge on any atom is -0.207 e. The van der Waals surface area contributed by atoms with E-state index >= 15 is 0 Å². The summed E-state index contributed by atoms with van der Waals surface area (Å²) in [5, 5.41) is 0. The normalized spacial score (nSPS) is 11.0. The first kappa shape index (κ1) is 27.1. The fourth-order valence-corrected chi connectivity index (χ4v) is 6.01. The maximum atomic E-state index is 13.5. The molecule has 0 spiro atoms. The molecule has 6 aromatic rings. The van der Waals surface area contributed by atoms with E-state index in [-0.39, 0.29) is 11.6 Å². The van der Waals surface area contributed by atoms with Crippen molar-refractivity contribution < 1.29 is 8.78 Å². The van der Waals surface area contributed by atoms with Crippen molar-refractivity contribution in [3.63, 3.8) is 0 Å². The Labute approximate surface area is 253 Å². The monoisotopic (exact) mass is 648 g/mol. The molecule has 0 aliphatic carbocycles. The Kier molecular flexibility index (Phi) is 7.80. The predicted molar refractivity (Wildman–Crippen MR) is 175 cm³/mol. The first-order valence-corrected chi connectivity index (χ1v) is 14.6. The zero-order chi connectivity index (χ0) is 28.3. The first-order valence-electron chi connectivity index (χ1n) is 13.5. The first-order chi connectivity index (χ1) is 19.9. The maximum absolute atomic E-state index is 13.5. The Morgan fingerprint density at radius 2 is 0.805 bits per heavy atom. The average Bonchev–Trinajstić information content (AvgIpc) is 2.98. The zero-order valence-corrected chi connectivity index (χ0v) is 24.7. The standard InChI is InChI=1S/C38H27F2I/c1-25-22-34(39)18-20-36(25)32-14-10-30(11-15-32)28-6-2-26(3-7-28)23-27-4-8-29(9-5-27)31-12-16-33(17-13-31)37-21-19-35(40)24-38(37)41/h2-22,24H,23H2,1H3. The summed E-state index contributed by atoms with van der Waals surface area (Å²) in [5.74, 6) is -0.418. The molecule has 0 aliphatic heterocycles. The Balaban J connectivity index is 1.11. The van der Waals surface area contributed by atoms with Crippen molar-refractivity contribution in [2.75, 3.05) is 0 Å². The van der Waals surface area contributed by atoms with Crippen LogP contribution in [0.4, 0.5) is 8.78 Å². The Hall–Kier alpha value is -4.09. The molecule has 0 N–H and O–H groups in total. The van der Waals surface area contributed by atoms with Gasteiger partial charge in [-0.15, -0.1) is 0 Å². The highest BCUT2D eigenvalue weighted by Gasteiger charge is 2.07. The lowest BCUT2D eigenvalue weighted by Gasteiger charge is -2.09. The molecule has 0 aliphatic rings. The molecule has 3 heteroatoms. The topological polar surface area (TPSA) is 0 Å². The van der Waals surface area contributed by atoms with Crippen molar-refractivity contribution >= 4 is 22.6 Å². The van der Waals surface area contributed by atoms with Crippen LogP contribution in [0.1, 0.15) is 16.7 Å². The van der Waals surface area contributed by atoms with Gasteiger partial charge in [-0.3, -0.25) is 0 Å². The third-order valence-corrected chi connectivity index (χ3v) is 8.39. The number of halogens is 3. The van der Waals surface area contributed by atoms with Gasteiger partial charge in [-0.05, 0) is 121 Å². The fraction of sp³-hybridized carbons (Fsp3) is 0.0526. The van der Waals surface area contributed by atoms with E-state index in [1.807, 2.05) is 19.1 Å². The zero-order valence-electron chi connectivity index (χ0n) is 22.5. The van der Waals surface area contributed by atoms with Gasteiger partial charge in [0.05, 0.1) is 0 Å². The van der Waals surface area contributed by atoms with Crippen LogP contribution in [0.5, 0.6) is 0 Å². The highest BCUT2D eigenvalue weighted by molar-refractivity contribution is 14.1. The second-order valence-corrected chi connectivity index (χ2v) is 11.5. The molecule has 6 aromatic carbocycles. The van der Waals surface area contributed by atoms with Gasteiger partial charge in [-0.25, -0.2) is 8.78 Å². The molecular formula is C38H27F2I. The van der Waals surface area contributed by atoms with Crippen molar-refractivity contribution in [3.8, 4) is 44.5 Å². The van der Waals surface area contributed by atoms with Crippen molar-refractivity contribution in [2.24, 2.45) is 0 Å². The summed E-state index contributed by atoms with van der Waals surface area (Å²) in [7, 11) is 0.